The predicted octanol–water partition coefficient (Wildman–Crippen LogP) is 4.60. The molecule has 0 N–H and O–H groups in total. The number of hydrogen-bond acceptors (Lipinski definition) is 2. The van der Waals surface area contributed by atoms with Crippen molar-refractivity contribution in [2.24, 2.45) is 0 Å². The van der Waals surface area contributed by atoms with Crippen LogP contribution in [0.3, 0.4) is 0 Å². The summed E-state index contributed by atoms with van der Waals surface area (Å²) < 4.78 is 5.64. The third-order valence-electron chi connectivity index (χ3n) is 3.96. The number of para-hydroxylation sites is 1. The average molecular weight is 286 g/mol. The molecule has 1 heterocycles. The summed E-state index contributed by atoms with van der Waals surface area (Å²) in [7, 11) is 0. The van der Waals surface area contributed by atoms with Gasteiger partial charge in [0.05, 0.1) is 0 Å². The van der Waals surface area contributed by atoms with Crippen LogP contribution in [0.1, 0.15) is 10.4 Å². The molecule has 0 saturated carbocycles. The third kappa shape index (κ3) is 2.09. The summed E-state index contributed by atoms with van der Waals surface area (Å²) >= 11 is 0. The van der Waals surface area contributed by atoms with Gasteiger partial charge in [0, 0.05) is 11.1 Å². The number of rotatable bonds is 1. The summed E-state index contributed by atoms with van der Waals surface area (Å²) in [4.78, 5) is 12.4. The Kier molecular flexibility index (Phi) is 3.01. The van der Waals surface area contributed by atoms with Gasteiger partial charge in [-0.1, -0.05) is 60.7 Å². The number of ketones is 1. The fourth-order valence-electron chi connectivity index (χ4n) is 2.86. The van der Waals surface area contributed by atoms with Crippen LogP contribution >= 0.6 is 0 Å². The van der Waals surface area contributed by atoms with E-state index in [4.69, 9.17) is 4.74 Å². The molecule has 22 heavy (non-hydrogen) atoms. The number of carbonyl (C=O) groups excluding carboxylic acids is 1. The minimum Gasteiger partial charge on any atom is -0.485 e. The van der Waals surface area contributed by atoms with Gasteiger partial charge in [-0.2, -0.15) is 0 Å². The van der Waals surface area contributed by atoms with Crippen molar-refractivity contribution in [1.29, 1.82) is 0 Å². The first-order valence-corrected chi connectivity index (χ1v) is 7.28. The van der Waals surface area contributed by atoms with E-state index in [1.807, 2.05) is 66.7 Å². The van der Waals surface area contributed by atoms with Gasteiger partial charge in [-0.15, -0.1) is 0 Å². The van der Waals surface area contributed by atoms with Crippen molar-refractivity contribution in [1.82, 2.24) is 0 Å². The normalized spacial score (nSPS) is 12.8. The molecule has 0 radical (unpaired) electrons. The maximum Gasteiger partial charge on any atom is 0.200 e. The Morgan fingerprint density at radius 3 is 2.32 bits per heavy atom. The zero-order valence-electron chi connectivity index (χ0n) is 12.0. The van der Waals surface area contributed by atoms with Gasteiger partial charge in [-0.25, -0.2) is 0 Å². The van der Waals surface area contributed by atoms with Gasteiger partial charge < -0.3 is 4.74 Å². The highest BCUT2D eigenvalue weighted by atomic mass is 16.5. The quantitative estimate of drug-likeness (QED) is 0.653. The highest BCUT2D eigenvalue weighted by Crippen LogP contribution is 2.36. The lowest BCUT2D eigenvalue weighted by Crippen LogP contribution is -2.09. The summed E-state index contributed by atoms with van der Waals surface area (Å²) in [5, 5.41) is 0. The topological polar surface area (TPSA) is 26.3 Å². The monoisotopic (exact) mass is 286 g/mol. The van der Waals surface area contributed by atoms with Crippen LogP contribution in [-0.2, 0) is 0 Å². The first kappa shape index (κ1) is 12.8. The number of fused-ring (bicyclic) bond motifs is 3. The molecular formula is C20H14O2. The standard InChI is InChI=1S/C20H14O2/c21-19-13-22-20-9-5-4-8-17(20)16-11-10-15(12-18(16)19)14-6-2-1-3-7-14/h1-12H,13H2. The molecule has 0 bridgehead atoms. The Morgan fingerprint density at radius 1 is 0.682 bits per heavy atom. The summed E-state index contributed by atoms with van der Waals surface area (Å²) in [6, 6.07) is 23.9. The smallest absolute Gasteiger partial charge is 0.200 e. The molecular weight excluding hydrogens is 272 g/mol. The lowest BCUT2D eigenvalue weighted by atomic mass is 9.93. The lowest BCUT2D eigenvalue weighted by Gasteiger charge is -2.09. The van der Waals surface area contributed by atoms with Crippen LogP contribution in [0.2, 0.25) is 0 Å². The van der Waals surface area contributed by atoms with Crippen molar-refractivity contribution < 1.29 is 9.53 Å². The predicted molar refractivity (Wildman–Crippen MR) is 87.1 cm³/mol. The van der Waals surface area contributed by atoms with Gasteiger partial charge in [0.15, 0.2) is 6.61 Å². The largest absolute Gasteiger partial charge is 0.485 e. The number of carbonyl (C=O) groups is 1. The maximum absolute atomic E-state index is 12.4. The first-order valence-electron chi connectivity index (χ1n) is 7.28. The molecule has 0 atom stereocenters. The number of ether oxygens (including phenoxy) is 1. The maximum atomic E-state index is 12.4. The van der Waals surface area contributed by atoms with Crippen molar-refractivity contribution in [3.05, 3.63) is 78.4 Å². The van der Waals surface area contributed by atoms with Crippen LogP contribution in [0, 0.1) is 0 Å². The van der Waals surface area contributed by atoms with E-state index in [9.17, 15) is 4.79 Å². The molecule has 0 aliphatic carbocycles. The van der Waals surface area contributed by atoms with Crippen molar-refractivity contribution in [3.63, 3.8) is 0 Å². The van der Waals surface area contributed by atoms with E-state index in [1.54, 1.807) is 0 Å². The zero-order chi connectivity index (χ0) is 14.9. The summed E-state index contributed by atoms with van der Waals surface area (Å²) in [5.41, 5.74) is 4.80. The lowest BCUT2D eigenvalue weighted by molar-refractivity contribution is 0.0926. The SMILES string of the molecule is O=C1COc2ccccc2-c2ccc(-c3ccccc3)cc21. The molecule has 1 aliphatic rings. The zero-order valence-corrected chi connectivity index (χ0v) is 12.0. The van der Waals surface area contributed by atoms with E-state index in [0.29, 0.717) is 0 Å². The fraction of sp³-hybridized carbons (Fsp3) is 0.0500. The van der Waals surface area contributed by atoms with Gasteiger partial charge in [0.2, 0.25) is 5.78 Å². The molecule has 3 aromatic rings. The van der Waals surface area contributed by atoms with Gasteiger partial charge >= 0.3 is 0 Å². The Labute approximate surface area is 129 Å². The third-order valence-corrected chi connectivity index (χ3v) is 3.96. The van der Waals surface area contributed by atoms with Gasteiger partial charge in [0.25, 0.3) is 0 Å². The Bertz CT molecular complexity index is 851. The molecule has 4 rings (SSSR count). The van der Waals surface area contributed by atoms with Crippen molar-refractivity contribution in [2.75, 3.05) is 6.61 Å². The summed E-state index contributed by atoms with van der Waals surface area (Å²) in [6.45, 7) is 0.0856. The molecule has 0 saturated heterocycles. The molecule has 106 valence electrons. The first-order chi connectivity index (χ1) is 10.8. The van der Waals surface area contributed by atoms with Gasteiger partial charge in [0.1, 0.15) is 5.75 Å². The summed E-state index contributed by atoms with van der Waals surface area (Å²) in [5.74, 6) is 0.783. The molecule has 3 aromatic carbocycles. The van der Waals surface area contributed by atoms with Crippen molar-refractivity contribution >= 4 is 5.78 Å². The van der Waals surface area contributed by atoms with E-state index >= 15 is 0 Å². The molecule has 0 aromatic heterocycles. The minimum absolute atomic E-state index is 0.0176. The Hall–Kier alpha value is -2.87. The summed E-state index contributed by atoms with van der Waals surface area (Å²) in [6.07, 6.45) is 0. The number of Topliss-reactive ketones (excluding diaryl/α,β-unsaturated/α-hetero) is 1. The second-order valence-electron chi connectivity index (χ2n) is 5.33. The van der Waals surface area contributed by atoms with Crippen LogP contribution < -0.4 is 4.74 Å². The van der Waals surface area contributed by atoms with Crippen LogP contribution in [0.15, 0.2) is 72.8 Å². The fourth-order valence-corrected chi connectivity index (χ4v) is 2.86. The second-order valence-corrected chi connectivity index (χ2v) is 5.33. The van der Waals surface area contributed by atoms with E-state index < -0.39 is 0 Å². The van der Waals surface area contributed by atoms with E-state index in [2.05, 4.69) is 6.07 Å². The molecule has 0 fully saturated rings. The van der Waals surface area contributed by atoms with E-state index in [0.717, 1.165) is 33.6 Å². The van der Waals surface area contributed by atoms with Crippen LogP contribution in [0.5, 0.6) is 5.75 Å². The van der Waals surface area contributed by atoms with Gasteiger partial charge in [-0.05, 0) is 28.8 Å². The highest BCUT2D eigenvalue weighted by molar-refractivity contribution is 6.06. The highest BCUT2D eigenvalue weighted by Gasteiger charge is 2.21. The van der Waals surface area contributed by atoms with Crippen LogP contribution in [0.25, 0.3) is 22.3 Å². The molecule has 1 aliphatic heterocycles. The van der Waals surface area contributed by atoms with Crippen molar-refractivity contribution in [2.45, 2.75) is 0 Å². The molecule has 0 unspecified atom stereocenters. The second kappa shape index (κ2) is 5.15. The number of benzene rings is 3. The van der Waals surface area contributed by atoms with Crippen LogP contribution in [-0.4, -0.2) is 12.4 Å². The molecule has 0 amide bonds. The Morgan fingerprint density at radius 2 is 1.45 bits per heavy atom. The van der Waals surface area contributed by atoms with Gasteiger partial charge in [-0.3, -0.25) is 4.79 Å². The van der Waals surface area contributed by atoms with E-state index in [1.165, 1.54) is 0 Å². The molecule has 0 spiro atoms. The average Bonchev–Trinajstić information content (AvgIpc) is 2.73. The molecule has 2 nitrogen and oxygen atoms in total. The minimum atomic E-state index is 0.0176. The van der Waals surface area contributed by atoms with Crippen molar-refractivity contribution in [3.8, 4) is 28.0 Å². The molecule has 2 heteroatoms. The van der Waals surface area contributed by atoms with Crippen LogP contribution in [0.4, 0.5) is 0 Å². The Balaban J connectivity index is 1.92. The van der Waals surface area contributed by atoms with E-state index in [-0.39, 0.29) is 12.4 Å². The number of hydrogen-bond donors (Lipinski definition) is 0.